The van der Waals surface area contributed by atoms with Crippen LogP contribution in [0, 0.1) is 0 Å². The minimum Gasteiger partial charge on any atom is -0.492 e. The van der Waals surface area contributed by atoms with Crippen LogP contribution in [0.15, 0.2) is 18.2 Å². The lowest BCUT2D eigenvalue weighted by Crippen LogP contribution is -2.21. The molecule has 0 atom stereocenters. The van der Waals surface area contributed by atoms with E-state index in [1.165, 1.54) is 0 Å². The van der Waals surface area contributed by atoms with Gasteiger partial charge in [-0.1, -0.05) is 18.5 Å². The Morgan fingerprint density at radius 2 is 2.24 bits per heavy atom. The molecule has 0 saturated carbocycles. The Morgan fingerprint density at radius 3 is 2.76 bits per heavy atom. The lowest BCUT2D eigenvalue weighted by Gasteiger charge is -2.09. The highest BCUT2D eigenvalue weighted by Crippen LogP contribution is 2.27. The van der Waals surface area contributed by atoms with Crippen molar-refractivity contribution in [3.05, 3.63) is 23.2 Å². The Kier molecular flexibility index (Phi) is 7.70. The molecule has 96 valence electrons. The summed E-state index contributed by atoms with van der Waals surface area (Å²) in [4.78, 5) is 11.0. The standard InChI is InChI=1S/C11H15ClN2O2.ClH/c1-2-5-16-10-4-3-8(6-9(10)12)14-11(15)7-13;/h3-4,6H,2,5,7,13H2,1H3,(H,14,15);1H. The van der Waals surface area contributed by atoms with Crippen LogP contribution in [0.5, 0.6) is 5.75 Å². The maximum Gasteiger partial charge on any atom is 0.238 e. The molecule has 0 radical (unpaired) electrons. The summed E-state index contributed by atoms with van der Waals surface area (Å²) in [5, 5.41) is 3.09. The van der Waals surface area contributed by atoms with E-state index in [4.69, 9.17) is 22.1 Å². The molecule has 0 aliphatic heterocycles. The van der Waals surface area contributed by atoms with E-state index in [1.54, 1.807) is 18.2 Å². The van der Waals surface area contributed by atoms with Gasteiger partial charge in [-0.3, -0.25) is 4.79 Å². The molecule has 3 N–H and O–H groups in total. The van der Waals surface area contributed by atoms with Gasteiger partial charge in [0, 0.05) is 5.69 Å². The van der Waals surface area contributed by atoms with Gasteiger partial charge in [0.2, 0.25) is 5.91 Å². The van der Waals surface area contributed by atoms with Gasteiger partial charge in [0.15, 0.2) is 0 Å². The molecule has 1 aromatic carbocycles. The Bertz CT molecular complexity index is 372. The molecule has 1 aromatic rings. The molecule has 17 heavy (non-hydrogen) atoms. The summed E-state index contributed by atoms with van der Waals surface area (Å²) in [6.45, 7) is 2.59. The number of hydrogen-bond donors (Lipinski definition) is 2. The number of hydrogen-bond acceptors (Lipinski definition) is 3. The van der Waals surface area contributed by atoms with Crippen LogP contribution in [-0.4, -0.2) is 19.1 Å². The monoisotopic (exact) mass is 278 g/mol. The zero-order valence-corrected chi connectivity index (χ0v) is 11.1. The highest BCUT2D eigenvalue weighted by atomic mass is 35.5. The van der Waals surface area contributed by atoms with Crippen LogP contribution < -0.4 is 15.8 Å². The van der Waals surface area contributed by atoms with Gasteiger partial charge in [-0.25, -0.2) is 0 Å². The maximum atomic E-state index is 11.0. The van der Waals surface area contributed by atoms with E-state index in [2.05, 4.69) is 5.32 Å². The molecular weight excluding hydrogens is 263 g/mol. The normalized spacial score (nSPS) is 9.35. The number of rotatable bonds is 5. The predicted octanol–water partition coefficient (Wildman–Crippen LogP) is 2.45. The molecule has 0 aliphatic carbocycles. The van der Waals surface area contributed by atoms with Gasteiger partial charge in [0.25, 0.3) is 0 Å². The van der Waals surface area contributed by atoms with E-state index < -0.39 is 0 Å². The number of ether oxygens (including phenoxy) is 1. The third-order valence-electron chi connectivity index (χ3n) is 1.86. The summed E-state index contributed by atoms with van der Waals surface area (Å²) in [5.74, 6) is 0.368. The molecule has 4 nitrogen and oxygen atoms in total. The lowest BCUT2D eigenvalue weighted by molar-refractivity contribution is -0.114. The Hall–Kier alpha value is -0.970. The van der Waals surface area contributed by atoms with Crippen LogP contribution in [0.3, 0.4) is 0 Å². The first-order valence-corrected chi connectivity index (χ1v) is 5.47. The largest absolute Gasteiger partial charge is 0.492 e. The summed E-state index contributed by atoms with van der Waals surface area (Å²) in [6, 6.07) is 5.09. The number of benzene rings is 1. The second-order valence-electron chi connectivity index (χ2n) is 3.25. The van der Waals surface area contributed by atoms with Gasteiger partial charge in [0.1, 0.15) is 5.75 Å². The molecule has 0 heterocycles. The van der Waals surface area contributed by atoms with E-state index in [1.807, 2.05) is 6.92 Å². The van der Waals surface area contributed by atoms with Gasteiger partial charge >= 0.3 is 0 Å². The SMILES string of the molecule is CCCOc1ccc(NC(=O)CN)cc1Cl.Cl. The molecule has 0 spiro atoms. The van der Waals surface area contributed by atoms with Gasteiger partial charge < -0.3 is 15.8 Å². The highest BCUT2D eigenvalue weighted by molar-refractivity contribution is 6.32. The number of carbonyl (C=O) groups excluding carboxylic acids is 1. The van der Waals surface area contributed by atoms with Crippen molar-refractivity contribution in [2.24, 2.45) is 5.73 Å². The third-order valence-corrected chi connectivity index (χ3v) is 2.16. The first-order chi connectivity index (χ1) is 7.67. The highest BCUT2D eigenvalue weighted by Gasteiger charge is 2.04. The lowest BCUT2D eigenvalue weighted by atomic mass is 10.3. The molecule has 1 rings (SSSR count). The van der Waals surface area contributed by atoms with Gasteiger partial charge in [-0.2, -0.15) is 0 Å². The Labute approximate surface area is 112 Å². The first kappa shape index (κ1) is 16.0. The van der Waals surface area contributed by atoms with Crippen LogP contribution in [0.1, 0.15) is 13.3 Å². The fraction of sp³-hybridized carbons (Fsp3) is 0.364. The molecule has 0 unspecified atom stereocenters. The van der Waals surface area contributed by atoms with Crippen molar-refractivity contribution in [2.45, 2.75) is 13.3 Å². The number of nitrogens with one attached hydrogen (secondary N) is 1. The van der Waals surface area contributed by atoms with E-state index in [0.29, 0.717) is 23.1 Å². The predicted molar refractivity (Wildman–Crippen MR) is 72.2 cm³/mol. The van der Waals surface area contributed by atoms with E-state index in [9.17, 15) is 4.79 Å². The molecule has 0 bridgehead atoms. The van der Waals surface area contributed by atoms with E-state index in [0.717, 1.165) is 6.42 Å². The Balaban J connectivity index is 0.00000256. The van der Waals surface area contributed by atoms with Crippen LogP contribution in [-0.2, 0) is 4.79 Å². The fourth-order valence-corrected chi connectivity index (χ4v) is 1.35. The van der Waals surface area contributed by atoms with Gasteiger partial charge in [-0.05, 0) is 24.6 Å². The zero-order chi connectivity index (χ0) is 12.0. The van der Waals surface area contributed by atoms with Gasteiger partial charge in [0.05, 0.1) is 18.2 Å². The summed E-state index contributed by atoms with van der Waals surface area (Å²) >= 11 is 5.98. The number of halogens is 2. The maximum absolute atomic E-state index is 11.0. The third kappa shape index (κ3) is 5.26. The minimum absolute atomic E-state index is 0. The molecule has 0 aliphatic rings. The van der Waals surface area contributed by atoms with E-state index in [-0.39, 0.29) is 24.9 Å². The summed E-state index contributed by atoms with van der Waals surface area (Å²) in [6.07, 6.45) is 0.919. The summed E-state index contributed by atoms with van der Waals surface area (Å²) in [7, 11) is 0. The molecular formula is C11H16Cl2N2O2. The number of amides is 1. The molecule has 6 heteroatoms. The van der Waals surface area contributed by atoms with Crippen molar-refractivity contribution in [3.8, 4) is 5.75 Å². The number of anilines is 1. The van der Waals surface area contributed by atoms with Crippen molar-refractivity contribution in [3.63, 3.8) is 0 Å². The fourth-order valence-electron chi connectivity index (χ4n) is 1.12. The van der Waals surface area contributed by atoms with Crippen LogP contribution >= 0.6 is 24.0 Å². The smallest absolute Gasteiger partial charge is 0.238 e. The summed E-state index contributed by atoms with van der Waals surface area (Å²) < 4.78 is 5.40. The zero-order valence-electron chi connectivity index (χ0n) is 9.53. The number of carbonyl (C=O) groups is 1. The van der Waals surface area contributed by atoms with Gasteiger partial charge in [-0.15, -0.1) is 12.4 Å². The molecule has 1 amide bonds. The Morgan fingerprint density at radius 1 is 1.53 bits per heavy atom. The van der Waals surface area contributed by atoms with E-state index >= 15 is 0 Å². The second kappa shape index (κ2) is 8.17. The van der Waals surface area contributed by atoms with Crippen LogP contribution in [0.25, 0.3) is 0 Å². The van der Waals surface area contributed by atoms with Crippen molar-refractivity contribution < 1.29 is 9.53 Å². The van der Waals surface area contributed by atoms with Crippen LogP contribution in [0.2, 0.25) is 5.02 Å². The second-order valence-corrected chi connectivity index (χ2v) is 3.65. The summed E-state index contributed by atoms with van der Waals surface area (Å²) in [5.41, 5.74) is 5.80. The molecule has 0 fully saturated rings. The van der Waals surface area contributed by atoms with Crippen molar-refractivity contribution >= 4 is 35.6 Å². The minimum atomic E-state index is -0.252. The first-order valence-electron chi connectivity index (χ1n) is 5.09. The topological polar surface area (TPSA) is 64.3 Å². The van der Waals surface area contributed by atoms with Crippen molar-refractivity contribution in [2.75, 3.05) is 18.5 Å². The number of nitrogens with two attached hydrogens (primary N) is 1. The molecule has 0 aromatic heterocycles. The van der Waals surface area contributed by atoms with Crippen molar-refractivity contribution in [1.82, 2.24) is 0 Å². The average molecular weight is 279 g/mol. The quantitative estimate of drug-likeness (QED) is 0.870. The van der Waals surface area contributed by atoms with Crippen molar-refractivity contribution in [1.29, 1.82) is 0 Å². The average Bonchev–Trinajstić information content (AvgIpc) is 2.28. The van der Waals surface area contributed by atoms with Crippen LogP contribution in [0.4, 0.5) is 5.69 Å². The molecule has 0 saturated heterocycles.